The number of rotatable bonds is 7. The monoisotopic (exact) mass is 393 g/mol. The first-order valence-corrected chi connectivity index (χ1v) is 11.5. The molecule has 0 spiro atoms. The molecular weight excluding hydrogens is 362 g/mol. The van der Waals surface area contributed by atoms with Crippen molar-refractivity contribution in [2.24, 2.45) is 11.8 Å². The van der Waals surface area contributed by atoms with Crippen LogP contribution < -0.4 is 10.6 Å². The van der Waals surface area contributed by atoms with Crippen LogP contribution in [0.25, 0.3) is 0 Å². The van der Waals surface area contributed by atoms with Crippen molar-refractivity contribution in [3.63, 3.8) is 0 Å². The van der Waals surface area contributed by atoms with Crippen LogP contribution in [0.15, 0.2) is 35.2 Å². The van der Waals surface area contributed by atoms with Gasteiger partial charge in [0.1, 0.15) is 0 Å². The molecule has 0 aliphatic carbocycles. The zero-order valence-corrected chi connectivity index (χ0v) is 16.7. The second-order valence-corrected chi connectivity index (χ2v) is 9.63. The summed E-state index contributed by atoms with van der Waals surface area (Å²) in [5, 5.41) is 6.40. The summed E-state index contributed by atoms with van der Waals surface area (Å²) in [5.74, 6) is 1.16. The van der Waals surface area contributed by atoms with Gasteiger partial charge in [0.25, 0.3) is 0 Å². The Hall–Kier alpha value is -1.44. The second kappa shape index (κ2) is 9.66. The SMILES string of the molecule is O=C(CCC1CCNCC1)NCC1CCN(S(=O)(=O)c2ccccc2)CC1. The molecule has 6 nitrogen and oxygen atoms in total. The highest BCUT2D eigenvalue weighted by Crippen LogP contribution is 2.23. The fraction of sp³-hybridized carbons (Fsp3) is 0.650. The first kappa shape index (κ1) is 20.3. The van der Waals surface area contributed by atoms with E-state index < -0.39 is 10.0 Å². The van der Waals surface area contributed by atoms with Crippen molar-refractivity contribution < 1.29 is 13.2 Å². The van der Waals surface area contributed by atoms with Gasteiger partial charge in [-0.15, -0.1) is 0 Å². The highest BCUT2D eigenvalue weighted by atomic mass is 32.2. The van der Waals surface area contributed by atoms with E-state index in [9.17, 15) is 13.2 Å². The average molecular weight is 394 g/mol. The number of hydrogen-bond donors (Lipinski definition) is 2. The second-order valence-electron chi connectivity index (χ2n) is 7.70. The van der Waals surface area contributed by atoms with Gasteiger partial charge >= 0.3 is 0 Å². The minimum absolute atomic E-state index is 0.132. The Balaban J connectivity index is 1.37. The van der Waals surface area contributed by atoms with Crippen molar-refractivity contribution in [2.45, 2.75) is 43.4 Å². The third-order valence-corrected chi connectivity index (χ3v) is 7.69. The van der Waals surface area contributed by atoms with Crippen LogP contribution in [0.2, 0.25) is 0 Å². The van der Waals surface area contributed by atoms with Gasteiger partial charge in [0.05, 0.1) is 4.90 Å². The van der Waals surface area contributed by atoms with Gasteiger partial charge < -0.3 is 10.6 Å². The Morgan fingerprint density at radius 2 is 1.70 bits per heavy atom. The number of carbonyl (C=O) groups is 1. The molecule has 1 amide bonds. The fourth-order valence-corrected chi connectivity index (χ4v) is 5.44. The van der Waals surface area contributed by atoms with Gasteiger partial charge in [0.2, 0.25) is 15.9 Å². The van der Waals surface area contributed by atoms with Crippen molar-refractivity contribution in [3.8, 4) is 0 Å². The lowest BCUT2D eigenvalue weighted by Crippen LogP contribution is -2.41. The van der Waals surface area contributed by atoms with Gasteiger partial charge in [-0.05, 0) is 69.2 Å². The number of amides is 1. The van der Waals surface area contributed by atoms with Crippen LogP contribution in [-0.2, 0) is 14.8 Å². The zero-order chi connectivity index (χ0) is 19.1. The third-order valence-electron chi connectivity index (χ3n) is 5.78. The first-order chi connectivity index (χ1) is 13.1. The molecule has 1 aromatic carbocycles. The van der Waals surface area contributed by atoms with Gasteiger partial charge in [0, 0.05) is 26.1 Å². The molecule has 0 unspecified atom stereocenters. The van der Waals surface area contributed by atoms with E-state index in [0.29, 0.717) is 42.8 Å². The lowest BCUT2D eigenvalue weighted by Gasteiger charge is -2.31. The minimum Gasteiger partial charge on any atom is -0.356 e. The van der Waals surface area contributed by atoms with Crippen molar-refractivity contribution in [1.82, 2.24) is 14.9 Å². The van der Waals surface area contributed by atoms with E-state index in [1.807, 2.05) is 6.07 Å². The van der Waals surface area contributed by atoms with Crippen molar-refractivity contribution >= 4 is 15.9 Å². The molecule has 0 saturated carbocycles. The lowest BCUT2D eigenvalue weighted by atomic mass is 9.93. The zero-order valence-electron chi connectivity index (χ0n) is 15.9. The predicted molar refractivity (Wildman–Crippen MR) is 106 cm³/mol. The topological polar surface area (TPSA) is 78.5 Å². The maximum absolute atomic E-state index is 12.6. The van der Waals surface area contributed by atoms with E-state index in [0.717, 1.165) is 32.4 Å². The van der Waals surface area contributed by atoms with E-state index >= 15 is 0 Å². The maximum Gasteiger partial charge on any atom is 0.243 e. The maximum atomic E-state index is 12.6. The van der Waals surface area contributed by atoms with Gasteiger partial charge in [0.15, 0.2) is 0 Å². The molecule has 2 saturated heterocycles. The molecule has 2 heterocycles. The Labute approximate surface area is 162 Å². The van der Waals surface area contributed by atoms with Gasteiger partial charge in [-0.1, -0.05) is 18.2 Å². The van der Waals surface area contributed by atoms with Gasteiger partial charge in [-0.25, -0.2) is 8.42 Å². The highest BCUT2D eigenvalue weighted by Gasteiger charge is 2.29. The van der Waals surface area contributed by atoms with E-state index in [1.165, 1.54) is 12.8 Å². The summed E-state index contributed by atoms with van der Waals surface area (Å²) in [4.78, 5) is 12.5. The van der Waals surface area contributed by atoms with Crippen molar-refractivity contribution in [1.29, 1.82) is 0 Å². The lowest BCUT2D eigenvalue weighted by molar-refractivity contribution is -0.121. The molecule has 150 valence electrons. The number of sulfonamides is 1. The Kier molecular flexibility index (Phi) is 7.26. The molecule has 3 rings (SSSR count). The van der Waals surface area contributed by atoms with E-state index in [2.05, 4.69) is 10.6 Å². The van der Waals surface area contributed by atoms with Crippen LogP contribution in [0.5, 0.6) is 0 Å². The largest absolute Gasteiger partial charge is 0.356 e. The number of benzene rings is 1. The fourth-order valence-electron chi connectivity index (χ4n) is 3.95. The van der Waals surface area contributed by atoms with Crippen LogP contribution in [0.3, 0.4) is 0 Å². The third kappa shape index (κ3) is 5.77. The number of hydrogen-bond acceptors (Lipinski definition) is 4. The summed E-state index contributed by atoms with van der Waals surface area (Å²) in [5.41, 5.74) is 0. The predicted octanol–water partition coefficient (Wildman–Crippen LogP) is 1.98. The summed E-state index contributed by atoms with van der Waals surface area (Å²) in [7, 11) is -3.40. The quantitative estimate of drug-likeness (QED) is 0.743. The molecule has 7 heteroatoms. The molecule has 27 heavy (non-hydrogen) atoms. The smallest absolute Gasteiger partial charge is 0.243 e. The minimum atomic E-state index is -3.40. The molecule has 0 bridgehead atoms. The van der Waals surface area contributed by atoms with Crippen molar-refractivity contribution in [2.75, 3.05) is 32.7 Å². The van der Waals surface area contributed by atoms with Crippen LogP contribution in [-0.4, -0.2) is 51.4 Å². The van der Waals surface area contributed by atoms with Crippen LogP contribution >= 0.6 is 0 Å². The van der Waals surface area contributed by atoms with Gasteiger partial charge in [-0.3, -0.25) is 4.79 Å². The van der Waals surface area contributed by atoms with Gasteiger partial charge in [-0.2, -0.15) is 4.31 Å². The molecule has 1 aromatic rings. The molecule has 2 aliphatic rings. The van der Waals surface area contributed by atoms with Crippen LogP contribution in [0.1, 0.15) is 38.5 Å². The number of carbonyl (C=O) groups excluding carboxylic acids is 1. The Morgan fingerprint density at radius 3 is 2.37 bits per heavy atom. The molecule has 0 radical (unpaired) electrons. The summed E-state index contributed by atoms with van der Waals surface area (Å²) in [6.45, 7) is 3.83. The van der Waals surface area contributed by atoms with E-state index in [4.69, 9.17) is 0 Å². The highest BCUT2D eigenvalue weighted by molar-refractivity contribution is 7.89. The summed E-state index contributed by atoms with van der Waals surface area (Å²) < 4.78 is 26.9. The molecule has 0 atom stereocenters. The number of nitrogens with zero attached hydrogens (tertiary/aromatic N) is 1. The van der Waals surface area contributed by atoms with Crippen LogP contribution in [0.4, 0.5) is 0 Å². The summed E-state index contributed by atoms with van der Waals surface area (Å²) >= 11 is 0. The van der Waals surface area contributed by atoms with E-state index in [1.54, 1.807) is 28.6 Å². The standard InChI is InChI=1S/C20H31N3O3S/c24-20(7-6-17-8-12-21-13-9-17)22-16-18-10-14-23(15-11-18)27(25,26)19-4-2-1-3-5-19/h1-5,17-18,21H,6-16H2,(H,22,24). The summed E-state index contributed by atoms with van der Waals surface area (Å²) in [6.07, 6.45) is 5.50. The Bertz CT molecular complexity index is 694. The molecule has 2 N–H and O–H groups in total. The van der Waals surface area contributed by atoms with E-state index in [-0.39, 0.29) is 5.91 Å². The normalized spacial score (nSPS) is 20.4. The number of nitrogens with one attached hydrogen (secondary N) is 2. The number of piperidine rings is 2. The Morgan fingerprint density at radius 1 is 1.04 bits per heavy atom. The average Bonchev–Trinajstić information content (AvgIpc) is 2.72. The molecule has 2 aliphatic heterocycles. The summed E-state index contributed by atoms with van der Waals surface area (Å²) in [6, 6.07) is 8.60. The van der Waals surface area contributed by atoms with Crippen molar-refractivity contribution in [3.05, 3.63) is 30.3 Å². The molecule has 0 aromatic heterocycles. The molecular formula is C20H31N3O3S. The first-order valence-electron chi connectivity index (χ1n) is 10.1. The molecule has 2 fully saturated rings. The van der Waals surface area contributed by atoms with Crippen LogP contribution in [0, 0.1) is 11.8 Å².